The number of carbonyl (C=O) groups excluding carboxylic acids is 1. The number of ketones is 1. The summed E-state index contributed by atoms with van der Waals surface area (Å²) in [6.07, 6.45) is 3.18. The SMILES string of the molecule is O=C(c1ccc(Cl)cc1)C1CC[N][C@H](N2CCC(O)CC2)C1. The molecule has 119 valence electrons. The highest BCUT2D eigenvalue weighted by Gasteiger charge is 2.33. The summed E-state index contributed by atoms with van der Waals surface area (Å²) in [7, 11) is 0. The normalized spacial score (nSPS) is 27.7. The van der Waals surface area contributed by atoms with Gasteiger partial charge in [0.25, 0.3) is 0 Å². The Balaban J connectivity index is 1.62. The van der Waals surface area contributed by atoms with Crippen LogP contribution >= 0.6 is 11.6 Å². The predicted molar refractivity (Wildman–Crippen MR) is 86.1 cm³/mol. The van der Waals surface area contributed by atoms with Crippen LogP contribution in [0, 0.1) is 5.92 Å². The lowest BCUT2D eigenvalue weighted by atomic mass is 9.87. The van der Waals surface area contributed by atoms with Gasteiger partial charge in [-0.3, -0.25) is 9.69 Å². The molecular weight excluding hydrogens is 300 g/mol. The number of likely N-dealkylation sites (tertiary alicyclic amines) is 1. The smallest absolute Gasteiger partial charge is 0.166 e. The van der Waals surface area contributed by atoms with Crippen molar-refractivity contribution >= 4 is 17.4 Å². The van der Waals surface area contributed by atoms with Gasteiger partial charge in [-0.25, -0.2) is 5.32 Å². The van der Waals surface area contributed by atoms with Crippen LogP contribution in [-0.4, -0.2) is 47.7 Å². The van der Waals surface area contributed by atoms with Crippen molar-refractivity contribution < 1.29 is 9.90 Å². The minimum absolute atomic E-state index is 0.0375. The molecule has 1 radical (unpaired) electrons. The van der Waals surface area contributed by atoms with E-state index in [4.69, 9.17) is 11.6 Å². The Bertz CT molecular complexity index is 512. The molecule has 1 aromatic rings. The zero-order valence-corrected chi connectivity index (χ0v) is 13.4. The van der Waals surface area contributed by atoms with E-state index < -0.39 is 0 Å². The third-order valence-electron chi connectivity index (χ3n) is 4.73. The third kappa shape index (κ3) is 3.69. The van der Waals surface area contributed by atoms with Gasteiger partial charge in [0, 0.05) is 36.1 Å². The lowest BCUT2D eigenvalue weighted by Crippen LogP contribution is -2.51. The predicted octanol–water partition coefficient (Wildman–Crippen LogP) is 2.32. The zero-order valence-electron chi connectivity index (χ0n) is 12.6. The van der Waals surface area contributed by atoms with Crippen LogP contribution < -0.4 is 5.32 Å². The van der Waals surface area contributed by atoms with Crippen molar-refractivity contribution in [3.05, 3.63) is 34.9 Å². The number of nitrogens with zero attached hydrogens (tertiary/aromatic N) is 2. The molecule has 0 aliphatic carbocycles. The number of benzene rings is 1. The van der Waals surface area contributed by atoms with E-state index in [1.807, 2.05) is 12.1 Å². The van der Waals surface area contributed by atoms with Crippen molar-refractivity contribution in [2.45, 2.75) is 38.0 Å². The number of carbonyl (C=O) groups is 1. The van der Waals surface area contributed by atoms with Crippen LogP contribution in [0.4, 0.5) is 0 Å². The van der Waals surface area contributed by atoms with E-state index >= 15 is 0 Å². The van der Waals surface area contributed by atoms with Gasteiger partial charge in [0.15, 0.2) is 5.78 Å². The van der Waals surface area contributed by atoms with Crippen LogP contribution in [0.5, 0.6) is 0 Å². The molecule has 2 aliphatic rings. The minimum atomic E-state index is -0.175. The maximum Gasteiger partial charge on any atom is 0.166 e. The van der Waals surface area contributed by atoms with Crippen LogP contribution in [-0.2, 0) is 0 Å². The van der Waals surface area contributed by atoms with E-state index in [2.05, 4.69) is 10.2 Å². The second kappa shape index (κ2) is 7.09. The molecule has 1 N–H and O–H groups in total. The molecular formula is C17H22ClN2O2. The molecule has 0 saturated carbocycles. The number of hydrogen-bond acceptors (Lipinski definition) is 3. The van der Waals surface area contributed by atoms with E-state index in [-0.39, 0.29) is 24.0 Å². The Morgan fingerprint density at radius 1 is 1.18 bits per heavy atom. The Morgan fingerprint density at radius 3 is 2.55 bits per heavy atom. The van der Waals surface area contributed by atoms with E-state index in [1.165, 1.54) is 0 Å². The van der Waals surface area contributed by atoms with Gasteiger partial charge in [-0.05, 0) is 49.9 Å². The number of rotatable bonds is 3. The molecule has 0 aromatic heterocycles. The van der Waals surface area contributed by atoms with Crippen LogP contribution in [0.3, 0.4) is 0 Å². The van der Waals surface area contributed by atoms with Crippen molar-refractivity contribution in [1.82, 2.24) is 10.2 Å². The Kier molecular flexibility index (Phi) is 5.14. The van der Waals surface area contributed by atoms with Crippen LogP contribution in [0.25, 0.3) is 0 Å². The first-order valence-corrected chi connectivity index (χ1v) is 8.40. The fourth-order valence-corrected chi connectivity index (χ4v) is 3.49. The van der Waals surface area contributed by atoms with Crippen molar-refractivity contribution in [1.29, 1.82) is 0 Å². The number of halogens is 1. The first-order valence-electron chi connectivity index (χ1n) is 8.02. The molecule has 2 fully saturated rings. The van der Waals surface area contributed by atoms with Gasteiger partial charge in [0.2, 0.25) is 0 Å². The molecule has 2 saturated heterocycles. The van der Waals surface area contributed by atoms with Crippen molar-refractivity contribution in [2.75, 3.05) is 19.6 Å². The number of piperidine rings is 2. The Morgan fingerprint density at radius 2 is 1.86 bits per heavy atom. The summed E-state index contributed by atoms with van der Waals surface area (Å²) in [5, 5.41) is 15.0. The summed E-state index contributed by atoms with van der Waals surface area (Å²) in [5.41, 5.74) is 0.740. The fraction of sp³-hybridized carbons (Fsp3) is 0.588. The standard InChI is InChI=1S/C17H22ClN2O2/c18-14-3-1-12(2-4-14)17(22)13-5-8-19-16(11-13)20-9-6-15(21)7-10-20/h1-4,13,15-16,21H,5-11H2/t13?,16-/m1/s1. The zero-order chi connectivity index (χ0) is 15.5. The first kappa shape index (κ1) is 15.9. The molecule has 2 aliphatic heterocycles. The largest absolute Gasteiger partial charge is 0.393 e. The minimum Gasteiger partial charge on any atom is -0.393 e. The topological polar surface area (TPSA) is 54.6 Å². The highest BCUT2D eigenvalue weighted by molar-refractivity contribution is 6.30. The second-order valence-corrected chi connectivity index (χ2v) is 6.68. The molecule has 5 heteroatoms. The highest BCUT2D eigenvalue weighted by atomic mass is 35.5. The van der Waals surface area contributed by atoms with Crippen molar-refractivity contribution in [3.63, 3.8) is 0 Å². The molecule has 1 unspecified atom stereocenters. The van der Waals surface area contributed by atoms with Gasteiger partial charge in [-0.15, -0.1) is 0 Å². The lowest BCUT2D eigenvalue weighted by molar-refractivity contribution is 0.0323. The molecule has 0 amide bonds. The number of aliphatic hydroxyl groups is 1. The Labute approximate surface area is 136 Å². The van der Waals surface area contributed by atoms with Crippen molar-refractivity contribution in [3.8, 4) is 0 Å². The molecule has 22 heavy (non-hydrogen) atoms. The molecule has 0 bridgehead atoms. The fourth-order valence-electron chi connectivity index (χ4n) is 3.36. The van der Waals surface area contributed by atoms with Gasteiger partial charge in [-0.2, -0.15) is 0 Å². The summed E-state index contributed by atoms with van der Waals surface area (Å²) in [5.74, 6) is 0.240. The third-order valence-corrected chi connectivity index (χ3v) is 4.98. The molecule has 0 spiro atoms. The quantitative estimate of drug-likeness (QED) is 0.869. The number of aliphatic hydroxyl groups excluding tert-OH is 1. The number of hydrogen-bond donors (Lipinski definition) is 1. The maximum atomic E-state index is 12.6. The molecule has 4 nitrogen and oxygen atoms in total. The van der Waals surface area contributed by atoms with Gasteiger partial charge in [0.1, 0.15) is 0 Å². The summed E-state index contributed by atoms with van der Waals surface area (Å²) >= 11 is 5.89. The Hall–Kier alpha value is -0.940. The summed E-state index contributed by atoms with van der Waals surface area (Å²) in [4.78, 5) is 15.0. The number of Topliss-reactive ketones (excluding diaryl/α,β-unsaturated/α-hetero) is 1. The first-order chi connectivity index (χ1) is 10.6. The summed E-state index contributed by atoms with van der Waals surface area (Å²) in [6, 6.07) is 7.16. The van der Waals surface area contributed by atoms with Gasteiger partial charge in [-0.1, -0.05) is 11.6 Å². The van der Waals surface area contributed by atoms with E-state index in [0.29, 0.717) is 5.02 Å². The maximum absolute atomic E-state index is 12.6. The second-order valence-electron chi connectivity index (χ2n) is 6.25. The van der Waals surface area contributed by atoms with Gasteiger partial charge in [0.05, 0.1) is 12.3 Å². The van der Waals surface area contributed by atoms with E-state index in [0.717, 1.165) is 50.9 Å². The molecule has 2 heterocycles. The summed E-state index contributed by atoms with van der Waals surface area (Å²) < 4.78 is 0. The lowest BCUT2D eigenvalue weighted by Gasteiger charge is -2.39. The van der Waals surface area contributed by atoms with E-state index in [1.54, 1.807) is 12.1 Å². The van der Waals surface area contributed by atoms with Crippen LogP contribution in [0.15, 0.2) is 24.3 Å². The van der Waals surface area contributed by atoms with Crippen LogP contribution in [0.1, 0.15) is 36.0 Å². The molecule has 1 aromatic carbocycles. The summed E-state index contributed by atoms with van der Waals surface area (Å²) in [6.45, 7) is 2.49. The molecule has 2 atom stereocenters. The van der Waals surface area contributed by atoms with E-state index in [9.17, 15) is 9.90 Å². The highest BCUT2D eigenvalue weighted by Crippen LogP contribution is 2.26. The monoisotopic (exact) mass is 321 g/mol. The average molecular weight is 322 g/mol. The van der Waals surface area contributed by atoms with Crippen molar-refractivity contribution in [2.24, 2.45) is 5.92 Å². The molecule has 3 rings (SSSR count). The van der Waals surface area contributed by atoms with Crippen LogP contribution in [0.2, 0.25) is 5.02 Å². The van der Waals surface area contributed by atoms with Gasteiger partial charge < -0.3 is 5.11 Å². The van der Waals surface area contributed by atoms with Gasteiger partial charge >= 0.3 is 0 Å². The average Bonchev–Trinajstić information content (AvgIpc) is 2.56.